The van der Waals surface area contributed by atoms with Gasteiger partial charge in [0.2, 0.25) is 0 Å². The number of fused-ring (bicyclic) bond motifs is 8. The lowest BCUT2D eigenvalue weighted by Gasteiger charge is -2.35. The minimum atomic E-state index is -0.562. The number of rotatable bonds is 9. The lowest BCUT2D eigenvalue weighted by atomic mass is 9.67. The monoisotopic (exact) mass is 928 g/mol. The van der Waals surface area contributed by atoms with Crippen molar-refractivity contribution < 1.29 is 0 Å². The normalized spacial score (nSPS) is 12.5. The van der Waals surface area contributed by atoms with Gasteiger partial charge in [0.25, 0.3) is 0 Å². The minimum absolute atomic E-state index is 0.562. The zero-order valence-corrected chi connectivity index (χ0v) is 40.1. The van der Waals surface area contributed by atoms with Crippen molar-refractivity contribution in [1.29, 1.82) is 0 Å². The highest BCUT2D eigenvalue weighted by Gasteiger charge is 2.47. The quantitative estimate of drug-likeness (QED) is 0.140. The Morgan fingerprint density at radius 3 is 1.42 bits per heavy atom. The molecule has 0 atom stereocenters. The van der Waals surface area contributed by atoms with E-state index in [1.807, 2.05) is 0 Å². The first-order valence-corrected chi connectivity index (χ1v) is 25.2. The van der Waals surface area contributed by atoms with Gasteiger partial charge in [-0.1, -0.05) is 231 Å². The minimum Gasteiger partial charge on any atom is -0.310 e. The Hall–Kier alpha value is -9.50. The van der Waals surface area contributed by atoms with Crippen molar-refractivity contribution in [2.24, 2.45) is 0 Å². The van der Waals surface area contributed by atoms with E-state index in [1.54, 1.807) is 0 Å². The van der Waals surface area contributed by atoms with E-state index < -0.39 is 5.41 Å². The molecule has 0 aliphatic heterocycles. The van der Waals surface area contributed by atoms with E-state index in [9.17, 15) is 0 Å². The summed E-state index contributed by atoms with van der Waals surface area (Å²) in [6.45, 7) is 0. The fourth-order valence-corrected chi connectivity index (χ4v) is 12.0. The van der Waals surface area contributed by atoms with Crippen LogP contribution in [0.3, 0.4) is 0 Å². The van der Waals surface area contributed by atoms with Crippen molar-refractivity contribution in [2.75, 3.05) is 4.90 Å². The van der Waals surface area contributed by atoms with Gasteiger partial charge in [-0.3, -0.25) is 0 Å². The fraction of sp³-hybridized carbons (Fsp3) is 0.0141. The maximum absolute atomic E-state index is 2.51. The molecular weight excluding hydrogens is 881 g/mol. The van der Waals surface area contributed by atoms with Crippen LogP contribution >= 0.6 is 0 Å². The molecule has 0 N–H and O–H groups in total. The molecule has 0 saturated heterocycles. The van der Waals surface area contributed by atoms with Gasteiger partial charge in [-0.05, 0) is 133 Å². The van der Waals surface area contributed by atoms with Crippen molar-refractivity contribution in [3.8, 4) is 50.2 Å². The first-order chi connectivity index (χ1) is 36.2. The molecule has 13 aromatic rings. The molecule has 12 aromatic carbocycles. The third kappa shape index (κ3) is 6.87. The topological polar surface area (TPSA) is 8.17 Å². The number of para-hydroxylation sites is 2. The highest BCUT2D eigenvalue weighted by atomic mass is 15.1. The Morgan fingerprint density at radius 2 is 0.753 bits per heavy atom. The largest absolute Gasteiger partial charge is 0.310 e. The molecule has 0 amide bonds. The number of nitrogens with zero attached hydrogens (tertiary/aromatic N) is 2. The molecular formula is C71H48N2. The molecule has 14 rings (SSSR count). The number of anilines is 3. The molecule has 0 fully saturated rings. The standard InChI is InChI=1S/C71H48N2/c1-5-20-49(21-6-1)50-36-41-58(42-37-50)72(69-48-66-70(63-32-14-13-31-61(63)69)64-33-15-17-34-65(64)71(66,55-24-7-2-8-25-55)56-26-9-3-10-27-56)59-43-38-51(39-44-59)52-22-19-23-53(46-52)54-40-45-62-60-30-16-18-35-67(60)73(68(62)47-54)57-28-11-4-12-29-57/h1-48H. The molecule has 0 radical (unpaired) electrons. The van der Waals surface area contributed by atoms with Gasteiger partial charge in [-0.15, -0.1) is 0 Å². The van der Waals surface area contributed by atoms with E-state index in [2.05, 4.69) is 301 Å². The second kappa shape index (κ2) is 17.4. The lowest BCUT2D eigenvalue weighted by molar-refractivity contribution is 0.769. The van der Waals surface area contributed by atoms with Crippen LogP contribution in [0.25, 0.3) is 82.8 Å². The molecule has 1 aromatic heterocycles. The highest BCUT2D eigenvalue weighted by molar-refractivity contribution is 6.12. The molecule has 0 bridgehead atoms. The summed E-state index contributed by atoms with van der Waals surface area (Å²) in [7, 11) is 0. The molecule has 73 heavy (non-hydrogen) atoms. The summed E-state index contributed by atoms with van der Waals surface area (Å²) in [4.78, 5) is 2.47. The molecule has 0 unspecified atom stereocenters. The second-order valence-electron chi connectivity index (χ2n) is 19.2. The van der Waals surface area contributed by atoms with Crippen molar-refractivity contribution in [3.05, 3.63) is 313 Å². The Labute approximate surface area is 426 Å². The van der Waals surface area contributed by atoms with Crippen LogP contribution in [0.5, 0.6) is 0 Å². The SMILES string of the molecule is c1ccc(-c2ccc(N(c3ccc(-c4cccc(-c5ccc6c7ccccc7n(-c7ccccc7)c6c5)c4)cc3)c3cc4c(c5ccccc35)-c3ccccc3C4(c3ccccc3)c3ccccc3)cc2)cc1. The van der Waals surface area contributed by atoms with E-state index >= 15 is 0 Å². The van der Waals surface area contributed by atoms with Gasteiger partial charge in [0.05, 0.1) is 22.1 Å². The zero-order chi connectivity index (χ0) is 48.3. The average molecular weight is 929 g/mol. The summed E-state index contributed by atoms with van der Waals surface area (Å²) in [6.07, 6.45) is 0. The number of hydrogen-bond donors (Lipinski definition) is 0. The second-order valence-corrected chi connectivity index (χ2v) is 19.2. The number of benzene rings is 12. The molecule has 1 aliphatic rings. The third-order valence-electron chi connectivity index (χ3n) is 15.3. The van der Waals surface area contributed by atoms with Crippen molar-refractivity contribution >= 4 is 49.6 Å². The summed E-state index contributed by atoms with van der Waals surface area (Å²) in [5.41, 5.74) is 21.0. The van der Waals surface area contributed by atoms with Gasteiger partial charge in [-0.25, -0.2) is 0 Å². The average Bonchev–Trinajstić information content (AvgIpc) is 3.97. The van der Waals surface area contributed by atoms with Crippen molar-refractivity contribution in [3.63, 3.8) is 0 Å². The van der Waals surface area contributed by atoms with E-state index in [-0.39, 0.29) is 0 Å². The molecule has 0 spiro atoms. The van der Waals surface area contributed by atoms with Crippen LogP contribution in [0, 0.1) is 0 Å². The van der Waals surface area contributed by atoms with Crippen LogP contribution in [0.15, 0.2) is 291 Å². The molecule has 1 heterocycles. The predicted octanol–water partition coefficient (Wildman–Crippen LogP) is 18.8. The summed E-state index contributed by atoms with van der Waals surface area (Å²) >= 11 is 0. The maximum atomic E-state index is 2.51. The summed E-state index contributed by atoms with van der Waals surface area (Å²) in [5.74, 6) is 0. The van der Waals surface area contributed by atoms with E-state index in [4.69, 9.17) is 0 Å². The Balaban J connectivity index is 0.932. The van der Waals surface area contributed by atoms with Gasteiger partial charge in [0, 0.05) is 33.2 Å². The van der Waals surface area contributed by atoms with Crippen LogP contribution in [0.1, 0.15) is 22.3 Å². The molecule has 1 aliphatic carbocycles. The van der Waals surface area contributed by atoms with Gasteiger partial charge in [0.1, 0.15) is 0 Å². The summed E-state index contributed by atoms with van der Waals surface area (Å²) in [6, 6.07) is 107. The molecule has 342 valence electrons. The van der Waals surface area contributed by atoms with Crippen LogP contribution in [0.4, 0.5) is 17.1 Å². The van der Waals surface area contributed by atoms with E-state index in [1.165, 1.54) is 93.8 Å². The van der Waals surface area contributed by atoms with Gasteiger partial charge >= 0.3 is 0 Å². The highest BCUT2D eigenvalue weighted by Crippen LogP contribution is 2.59. The van der Waals surface area contributed by atoms with Crippen molar-refractivity contribution in [1.82, 2.24) is 4.57 Å². The zero-order valence-electron chi connectivity index (χ0n) is 40.1. The smallest absolute Gasteiger partial charge is 0.0714 e. The maximum Gasteiger partial charge on any atom is 0.0714 e. The van der Waals surface area contributed by atoms with Gasteiger partial charge < -0.3 is 9.47 Å². The predicted molar refractivity (Wildman–Crippen MR) is 307 cm³/mol. The van der Waals surface area contributed by atoms with Crippen LogP contribution < -0.4 is 4.90 Å². The summed E-state index contributed by atoms with van der Waals surface area (Å²) < 4.78 is 2.39. The lowest BCUT2D eigenvalue weighted by Crippen LogP contribution is -2.28. The molecule has 0 saturated carbocycles. The van der Waals surface area contributed by atoms with Crippen molar-refractivity contribution in [2.45, 2.75) is 5.41 Å². The third-order valence-corrected chi connectivity index (χ3v) is 15.3. The Bertz CT molecular complexity index is 4120. The Kier molecular flexibility index (Phi) is 10.1. The van der Waals surface area contributed by atoms with Crippen LogP contribution in [-0.4, -0.2) is 4.57 Å². The fourth-order valence-electron chi connectivity index (χ4n) is 12.0. The number of hydrogen-bond acceptors (Lipinski definition) is 1. The van der Waals surface area contributed by atoms with Gasteiger partial charge in [0.15, 0.2) is 0 Å². The van der Waals surface area contributed by atoms with Crippen LogP contribution in [-0.2, 0) is 5.41 Å². The van der Waals surface area contributed by atoms with E-state index in [0.29, 0.717) is 0 Å². The Morgan fingerprint density at radius 1 is 0.288 bits per heavy atom. The first kappa shape index (κ1) is 42.4. The summed E-state index contributed by atoms with van der Waals surface area (Å²) in [5, 5.41) is 4.94. The van der Waals surface area contributed by atoms with Gasteiger partial charge in [-0.2, -0.15) is 0 Å². The number of aromatic nitrogens is 1. The van der Waals surface area contributed by atoms with E-state index in [0.717, 1.165) is 28.3 Å². The first-order valence-electron chi connectivity index (χ1n) is 25.2. The molecule has 2 heteroatoms. The molecule has 2 nitrogen and oxygen atoms in total. The van der Waals surface area contributed by atoms with Crippen LogP contribution in [0.2, 0.25) is 0 Å².